The molecule has 0 unspecified atom stereocenters. The van der Waals surface area contributed by atoms with Crippen LogP contribution in [0.15, 0.2) is 60.3 Å². The molecule has 12 heteroatoms. The van der Waals surface area contributed by atoms with E-state index < -0.39 is 16.6 Å². The standard InChI is InChI=1S/C23H23FN6O4S/c1-3-12-29-20(10-11-25-22(32)17-6-4-5-7-18(17)24)27-28-23(29)35-14-21(31)26-16-9-8-15(2)19(13-16)30(33)34/h3-9,13H,1,10-12,14H2,2H3,(H,25,32)(H,26,31). The minimum absolute atomic E-state index is 0.000962. The molecule has 0 bridgehead atoms. The van der Waals surface area contributed by atoms with Gasteiger partial charge in [-0.05, 0) is 25.1 Å². The van der Waals surface area contributed by atoms with E-state index >= 15 is 0 Å². The summed E-state index contributed by atoms with van der Waals surface area (Å²) in [5.74, 6) is -0.922. The second-order valence-corrected chi connectivity index (χ2v) is 8.32. The van der Waals surface area contributed by atoms with Crippen LogP contribution >= 0.6 is 11.8 Å². The topological polar surface area (TPSA) is 132 Å². The first-order chi connectivity index (χ1) is 16.8. The maximum Gasteiger partial charge on any atom is 0.274 e. The number of rotatable bonds is 11. The van der Waals surface area contributed by atoms with E-state index in [-0.39, 0.29) is 29.5 Å². The van der Waals surface area contributed by atoms with E-state index in [1.807, 2.05) is 0 Å². The molecule has 0 spiro atoms. The van der Waals surface area contributed by atoms with Gasteiger partial charge in [0.1, 0.15) is 11.6 Å². The van der Waals surface area contributed by atoms with Crippen molar-refractivity contribution in [2.24, 2.45) is 0 Å². The molecule has 0 aliphatic heterocycles. The van der Waals surface area contributed by atoms with Crippen LogP contribution < -0.4 is 10.6 Å². The van der Waals surface area contributed by atoms with Crippen molar-refractivity contribution in [3.8, 4) is 0 Å². The molecule has 1 aromatic heterocycles. The van der Waals surface area contributed by atoms with Gasteiger partial charge in [0.2, 0.25) is 5.91 Å². The van der Waals surface area contributed by atoms with Crippen LogP contribution in [0.5, 0.6) is 0 Å². The van der Waals surface area contributed by atoms with Gasteiger partial charge < -0.3 is 15.2 Å². The van der Waals surface area contributed by atoms with Crippen LogP contribution in [0, 0.1) is 22.9 Å². The molecule has 3 aromatic rings. The van der Waals surface area contributed by atoms with Gasteiger partial charge in [0, 0.05) is 36.8 Å². The summed E-state index contributed by atoms with van der Waals surface area (Å²) in [6, 6.07) is 10.2. The summed E-state index contributed by atoms with van der Waals surface area (Å²) in [4.78, 5) is 35.2. The lowest BCUT2D eigenvalue weighted by atomic mass is 10.2. The number of carbonyl (C=O) groups is 2. The third-order valence-corrected chi connectivity index (χ3v) is 5.85. The number of nitro benzene ring substituents is 1. The van der Waals surface area contributed by atoms with Crippen molar-refractivity contribution in [2.45, 2.75) is 25.0 Å². The van der Waals surface area contributed by atoms with Crippen LogP contribution in [-0.2, 0) is 17.8 Å². The van der Waals surface area contributed by atoms with Crippen molar-refractivity contribution in [1.29, 1.82) is 0 Å². The highest BCUT2D eigenvalue weighted by Crippen LogP contribution is 2.23. The molecule has 3 rings (SSSR count). The third kappa shape index (κ3) is 6.73. The lowest BCUT2D eigenvalue weighted by Crippen LogP contribution is -2.27. The Morgan fingerprint density at radius 2 is 2.03 bits per heavy atom. The van der Waals surface area contributed by atoms with Crippen LogP contribution in [0.4, 0.5) is 15.8 Å². The first kappa shape index (κ1) is 25.6. The van der Waals surface area contributed by atoms with Crippen LogP contribution in [0.1, 0.15) is 21.7 Å². The fourth-order valence-electron chi connectivity index (χ4n) is 3.16. The summed E-state index contributed by atoms with van der Waals surface area (Å²) in [6.07, 6.45) is 1.99. The molecule has 0 aliphatic rings. The van der Waals surface area contributed by atoms with Gasteiger partial charge in [-0.1, -0.05) is 36.0 Å². The van der Waals surface area contributed by atoms with E-state index in [0.717, 1.165) is 11.8 Å². The van der Waals surface area contributed by atoms with Crippen LogP contribution in [0.3, 0.4) is 0 Å². The molecule has 10 nitrogen and oxygen atoms in total. The lowest BCUT2D eigenvalue weighted by molar-refractivity contribution is -0.385. The number of nitrogens with zero attached hydrogens (tertiary/aromatic N) is 4. The zero-order valence-corrected chi connectivity index (χ0v) is 19.7. The number of thioether (sulfide) groups is 1. The highest BCUT2D eigenvalue weighted by Gasteiger charge is 2.16. The van der Waals surface area contributed by atoms with E-state index in [2.05, 4.69) is 27.4 Å². The highest BCUT2D eigenvalue weighted by atomic mass is 32.2. The van der Waals surface area contributed by atoms with Crippen molar-refractivity contribution in [1.82, 2.24) is 20.1 Å². The number of aryl methyl sites for hydroxylation is 1. The number of allylic oxidation sites excluding steroid dienone is 1. The smallest absolute Gasteiger partial charge is 0.274 e. The van der Waals surface area contributed by atoms with E-state index in [9.17, 15) is 24.1 Å². The van der Waals surface area contributed by atoms with Crippen molar-refractivity contribution in [3.05, 3.63) is 88.0 Å². The van der Waals surface area contributed by atoms with Gasteiger partial charge in [-0.3, -0.25) is 19.7 Å². The van der Waals surface area contributed by atoms with Gasteiger partial charge in [-0.25, -0.2) is 4.39 Å². The minimum atomic E-state index is -0.600. The van der Waals surface area contributed by atoms with E-state index in [1.165, 1.54) is 24.3 Å². The zero-order valence-electron chi connectivity index (χ0n) is 18.9. The Hall–Kier alpha value is -4.06. The monoisotopic (exact) mass is 498 g/mol. The zero-order chi connectivity index (χ0) is 25.4. The van der Waals surface area contributed by atoms with E-state index in [4.69, 9.17) is 0 Å². The number of carbonyl (C=O) groups excluding carboxylic acids is 2. The molecule has 0 saturated heterocycles. The Labute approximate surface area is 204 Å². The minimum Gasteiger partial charge on any atom is -0.351 e. The molecule has 35 heavy (non-hydrogen) atoms. The van der Waals surface area contributed by atoms with Gasteiger partial charge in [0.05, 0.1) is 16.2 Å². The highest BCUT2D eigenvalue weighted by molar-refractivity contribution is 7.99. The quantitative estimate of drug-likeness (QED) is 0.179. The van der Waals surface area contributed by atoms with E-state index in [0.29, 0.717) is 35.2 Å². The Balaban J connectivity index is 1.58. The van der Waals surface area contributed by atoms with Gasteiger partial charge in [-0.15, -0.1) is 16.8 Å². The maximum atomic E-state index is 13.8. The molecule has 2 aromatic carbocycles. The molecule has 2 N–H and O–H groups in total. The predicted molar refractivity (Wildman–Crippen MR) is 130 cm³/mol. The number of amides is 2. The van der Waals surface area contributed by atoms with Crippen LogP contribution in [0.2, 0.25) is 0 Å². The van der Waals surface area contributed by atoms with Gasteiger partial charge in [0.15, 0.2) is 5.16 Å². The Bertz CT molecular complexity index is 1260. The molecule has 0 atom stereocenters. The normalized spacial score (nSPS) is 10.6. The van der Waals surface area contributed by atoms with E-state index in [1.54, 1.807) is 35.8 Å². The average Bonchev–Trinajstić information content (AvgIpc) is 3.20. The second kappa shape index (κ2) is 11.9. The Kier molecular flexibility index (Phi) is 8.68. The van der Waals surface area contributed by atoms with Gasteiger partial charge >= 0.3 is 0 Å². The number of hydrogen-bond acceptors (Lipinski definition) is 7. The van der Waals surface area contributed by atoms with Crippen molar-refractivity contribution in [3.63, 3.8) is 0 Å². The molecule has 0 fully saturated rings. The summed E-state index contributed by atoms with van der Waals surface area (Å²) in [5, 5.41) is 25.1. The fourth-order valence-corrected chi connectivity index (χ4v) is 3.93. The van der Waals surface area contributed by atoms with Crippen molar-refractivity contribution < 1.29 is 18.9 Å². The molecule has 2 amide bonds. The second-order valence-electron chi connectivity index (χ2n) is 7.38. The van der Waals surface area contributed by atoms with Gasteiger partial charge in [0.25, 0.3) is 11.6 Å². The number of anilines is 1. The fraction of sp³-hybridized carbons (Fsp3) is 0.217. The number of hydrogen-bond donors (Lipinski definition) is 2. The molecule has 0 saturated carbocycles. The first-order valence-electron chi connectivity index (χ1n) is 10.5. The predicted octanol–water partition coefficient (Wildman–Crippen LogP) is 3.52. The molecule has 0 radical (unpaired) electrons. The first-order valence-corrected chi connectivity index (χ1v) is 11.5. The van der Waals surface area contributed by atoms with Crippen LogP contribution in [0.25, 0.3) is 0 Å². The summed E-state index contributed by atoms with van der Waals surface area (Å²) in [7, 11) is 0. The van der Waals surface area contributed by atoms with Crippen molar-refractivity contribution >= 4 is 35.0 Å². The number of halogens is 1. The van der Waals surface area contributed by atoms with Crippen LogP contribution in [-0.4, -0.2) is 43.8 Å². The Morgan fingerprint density at radius 3 is 2.74 bits per heavy atom. The Morgan fingerprint density at radius 1 is 1.26 bits per heavy atom. The molecule has 0 aliphatic carbocycles. The molecular formula is C23H23FN6O4S. The maximum absolute atomic E-state index is 13.8. The van der Waals surface area contributed by atoms with Gasteiger partial charge in [-0.2, -0.15) is 0 Å². The largest absolute Gasteiger partial charge is 0.351 e. The number of nitro groups is 1. The summed E-state index contributed by atoms with van der Waals surface area (Å²) in [6.45, 7) is 5.94. The molecule has 182 valence electrons. The number of aromatic nitrogens is 3. The summed E-state index contributed by atoms with van der Waals surface area (Å²) < 4.78 is 15.5. The van der Waals surface area contributed by atoms with Crippen molar-refractivity contribution in [2.75, 3.05) is 17.6 Å². The lowest BCUT2D eigenvalue weighted by Gasteiger charge is -2.09. The third-order valence-electron chi connectivity index (χ3n) is 4.88. The summed E-state index contributed by atoms with van der Waals surface area (Å²) in [5.41, 5.74) is 0.707. The molecule has 1 heterocycles. The SMILES string of the molecule is C=CCn1c(CCNC(=O)c2ccccc2F)nnc1SCC(=O)Nc1ccc(C)c([N+](=O)[O-])c1. The number of benzene rings is 2. The number of nitrogens with one attached hydrogen (secondary N) is 2. The summed E-state index contributed by atoms with van der Waals surface area (Å²) >= 11 is 1.15. The average molecular weight is 499 g/mol. The molecular weight excluding hydrogens is 475 g/mol.